The molecule has 0 spiro atoms. The number of amides is 2. The highest BCUT2D eigenvalue weighted by Crippen LogP contribution is 2.12. The van der Waals surface area contributed by atoms with Crippen LogP contribution in [0.25, 0.3) is 0 Å². The van der Waals surface area contributed by atoms with E-state index < -0.39 is 0 Å². The van der Waals surface area contributed by atoms with Crippen LogP contribution in [0, 0.1) is 0 Å². The molecule has 2 N–H and O–H groups in total. The Kier molecular flexibility index (Phi) is 8.65. The maximum atomic E-state index is 12.3. The molecule has 0 bridgehead atoms. The van der Waals surface area contributed by atoms with Crippen LogP contribution in [-0.4, -0.2) is 36.4 Å². The number of ether oxygens (including phenoxy) is 1. The van der Waals surface area contributed by atoms with Crippen LogP contribution in [0.2, 0.25) is 0 Å². The van der Waals surface area contributed by atoms with Gasteiger partial charge in [-0.2, -0.15) is 0 Å². The molecule has 0 fully saturated rings. The molecule has 0 aliphatic carbocycles. The lowest BCUT2D eigenvalue weighted by molar-refractivity contribution is -0.140. The predicted octanol–water partition coefficient (Wildman–Crippen LogP) is 3.19. The number of pyridine rings is 1. The molecular weight excluding hydrogens is 358 g/mol. The van der Waals surface area contributed by atoms with Crippen molar-refractivity contribution in [2.75, 3.05) is 19.0 Å². The summed E-state index contributed by atoms with van der Waals surface area (Å²) in [7, 11) is 1.39. The minimum atomic E-state index is -0.280. The topological polar surface area (TPSA) is 97.4 Å². The number of aromatic nitrogens is 1. The van der Waals surface area contributed by atoms with Crippen molar-refractivity contribution < 1.29 is 19.1 Å². The normalized spacial score (nSPS) is 10.2. The fourth-order valence-electron chi connectivity index (χ4n) is 2.59. The van der Waals surface area contributed by atoms with Crippen molar-refractivity contribution in [2.24, 2.45) is 0 Å². The van der Waals surface area contributed by atoms with Gasteiger partial charge in [-0.05, 0) is 43.2 Å². The molecule has 0 aliphatic heterocycles. The summed E-state index contributed by atoms with van der Waals surface area (Å²) in [5.74, 6) is -0.659. The smallest absolute Gasteiger partial charge is 0.305 e. The molecule has 1 aromatic heterocycles. The van der Waals surface area contributed by atoms with Gasteiger partial charge in [-0.1, -0.05) is 18.9 Å². The number of nitrogens with one attached hydrogen (secondary N) is 2. The number of carbonyl (C=O) groups is 3. The highest BCUT2D eigenvalue weighted by molar-refractivity contribution is 6.04. The van der Waals surface area contributed by atoms with Crippen molar-refractivity contribution in [1.82, 2.24) is 10.3 Å². The van der Waals surface area contributed by atoms with Gasteiger partial charge in [-0.25, -0.2) is 0 Å². The van der Waals surface area contributed by atoms with E-state index in [1.54, 1.807) is 42.6 Å². The minimum Gasteiger partial charge on any atom is -0.469 e. The van der Waals surface area contributed by atoms with E-state index in [0.29, 0.717) is 29.8 Å². The molecule has 7 nitrogen and oxygen atoms in total. The summed E-state index contributed by atoms with van der Waals surface area (Å²) >= 11 is 0. The zero-order chi connectivity index (χ0) is 20.2. The van der Waals surface area contributed by atoms with Crippen molar-refractivity contribution in [3.8, 4) is 0 Å². The second-order valence-electron chi connectivity index (χ2n) is 6.27. The lowest BCUT2D eigenvalue weighted by Crippen LogP contribution is -2.24. The van der Waals surface area contributed by atoms with Gasteiger partial charge in [-0.15, -0.1) is 0 Å². The van der Waals surface area contributed by atoms with E-state index in [0.717, 1.165) is 25.7 Å². The van der Waals surface area contributed by atoms with E-state index in [-0.39, 0.29) is 17.8 Å². The van der Waals surface area contributed by atoms with Gasteiger partial charge in [0.15, 0.2) is 0 Å². The average molecular weight is 383 g/mol. The van der Waals surface area contributed by atoms with Crippen molar-refractivity contribution >= 4 is 23.5 Å². The third kappa shape index (κ3) is 7.19. The molecule has 0 atom stereocenters. The summed E-state index contributed by atoms with van der Waals surface area (Å²) in [6.07, 6.45) is 6.99. The number of hydrogen-bond acceptors (Lipinski definition) is 5. The maximum Gasteiger partial charge on any atom is 0.305 e. The van der Waals surface area contributed by atoms with Crippen LogP contribution in [0.1, 0.15) is 52.8 Å². The molecule has 1 aromatic carbocycles. The maximum absolute atomic E-state index is 12.3. The largest absolute Gasteiger partial charge is 0.469 e. The Morgan fingerprint density at radius 1 is 0.964 bits per heavy atom. The molecule has 2 amide bonds. The van der Waals surface area contributed by atoms with Gasteiger partial charge in [0.25, 0.3) is 11.8 Å². The number of hydrogen-bond donors (Lipinski definition) is 2. The SMILES string of the molecule is COC(=O)CCCCCCNC(=O)c1cccc(NC(=O)c2cccnc2)c1. The molecule has 0 saturated heterocycles. The Hall–Kier alpha value is -3.22. The van der Waals surface area contributed by atoms with Gasteiger partial charge in [0.2, 0.25) is 0 Å². The highest BCUT2D eigenvalue weighted by atomic mass is 16.5. The molecule has 0 radical (unpaired) electrons. The zero-order valence-corrected chi connectivity index (χ0v) is 15.9. The van der Waals surface area contributed by atoms with Crippen molar-refractivity contribution in [3.63, 3.8) is 0 Å². The first-order chi connectivity index (χ1) is 13.6. The summed E-state index contributed by atoms with van der Waals surface area (Å²) in [4.78, 5) is 39.4. The number of esters is 1. The molecular formula is C21H25N3O4. The Bertz CT molecular complexity index is 793. The van der Waals surface area contributed by atoms with Crippen LogP contribution in [0.5, 0.6) is 0 Å². The van der Waals surface area contributed by atoms with Crippen LogP contribution in [0.4, 0.5) is 5.69 Å². The number of rotatable bonds is 10. The van der Waals surface area contributed by atoms with Crippen LogP contribution in [0.15, 0.2) is 48.8 Å². The van der Waals surface area contributed by atoms with Gasteiger partial charge in [0, 0.05) is 36.6 Å². The van der Waals surface area contributed by atoms with E-state index in [1.807, 2.05) is 0 Å². The average Bonchev–Trinajstić information content (AvgIpc) is 2.73. The second-order valence-corrected chi connectivity index (χ2v) is 6.27. The Labute approximate surface area is 164 Å². The molecule has 0 saturated carbocycles. The molecule has 1 heterocycles. The van der Waals surface area contributed by atoms with Crippen LogP contribution < -0.4 is 10.6 Å². The van der Waals surface area contributed by atoms with Gasteiger partial charge in [-0.3, -0.25) is 19.4 Å². The van der Waals surface area contributed by atoms with Crippen LogP contribution >= 0.6 is 0 Å². The predicted molar refractivity (Wildman–Crippen MR) is 106 cm³/mol. The third-order valence-corrected chi connectivity index (χ3v) is 4.13. The molecule has 0 unspecified atom stereocenters. The molecule has 7 heteroatoms. The van der Waals surface area contributed by atoms with E-state index in [9.17, 15) is 14.4 Å². The molecule has 0 aliphatic rings. The van der Waals surface area contributed by atoms with Crippen molar-refractivity contribution in [3.05, 3.63) is 59.9 Å². The molecule has 2 rings (SSSR count). The fourth-order valence-corrected chi connectivity index (χ4v) is 2.59. The molecule has 148 valence electrons. The Morgan fingerprint density at radius 2 is 1.75 bits per heavy atom. The Morgan fingerprint density at radius 3 is 2.50 bits per heavy atom. The van der Waals surface area contributed by atoms with Gasteiger partial charge < -0.3 is 15.4 Å². The van der Waals surface area contributed by atoms with E-state index >= 15 is 0 Å². The van der Waals surface area contributed by atoms with Gasteiger partial charge >= 0.3 is 5.97 Å². The van der Waals surface area contributed by atoms with Crippen LogP contribution in [-0.2, 0) is 9.53 Å². The van der Waals surface area contributed by atoms with Gasteiger partial charge in [0.1, 0.15) is 0 Å². The highest BCUT2D eigenvalue weighted by Gasteiger charge is 2.09. The summed E-state index contributed by atoms with van der Waals surface area (Å²) in [5, 5.41) is 5.63. The van der Waals surface area contributed by atoms with Crippen molar-refractivity contribution in [1.29, 1.82) is 0 Å². The van der Waals surface area contributed by atoms with Crippen molar-refractivity contribution in [2.45, 2.75) is 32.1 Å². The summed E-state index contributed by atoms with van der Waals surface area (Å²) < 4.78 is 4.59. The molecule has 2 aromatic rings. The quantitative estimate of drug-likeness (QED) is 0.485. The molecule has 28 heavy (non-hydrogen) atoms. The number of carbonyl (C=O) groups excluding carboxylic acids is 3. The summed E-state index contributed by atoms with van der Waals surface area (Å²) in [6, 6.07) is 10.1. The Balaban J connectivity index is 1.74. The standard InChI is InChI=1S/C21H25N3O4/c1-28-19(25)11-4-2-3-5-13-23-20(26)16-8-6-10-18(14-16)24-21(27)17-9-7-12-22-15-17/h6-10,12,14-15H,2-5,11,13H2,1H3,(H,23,26)(H,24,27). The minimum absolute atomic E-state index is 0.188. The van der Waals surface area contributed by atoms with E-state index in [4.69, 9.17) is 0 Å². The zero-order valence-electron chi connectivity index (χ0n) is 15.9. The van der Waals surface area contributed by atoms with Gasteiger partial charge in [0.05, 0.1) is 12.7 Å². The first-order valence-electron chi connectivity index (χ1n) is 9.26. The number of anilines is 1. The first-order valence-corrected chi connectivity index (χ1v) is 9.26. The second kappa shape index (κ2) is 11.5. The fraction of sp³-hybridized carbons (Fsp3) is 0.333. The third-order valence-electron chi connectivity index (χ3n) is 4.13. The monoisotopic (exact) mass is 383 g/mol. The number of methoxy groups -OCH3 is 1. The number of unbranched alkanes of at least 4 members (excludes halogenated alkanes) is 3. The first kappa shape index (κ1) is 21.1. The van der Waals surface area contributed by atoms with E-state index in [2.05, 4.69) is 20.4 Å². The summed E-state index contributed by atoms with van der Waals surface area (Å²) in [5.41, 5.74) is 1.48. The van der Waals surface area contributed by atoms with Crippen LogP contribution in [0.3, 0.4) is 0 Å². The number of benzene rings is 1. The lowest BCUT2D eigenvalue weighted by atomic mass is 10.1. The lowest BCUT2D eigenvalue weighted by Gasteiger charge is -2.08. The van der Waals surface area contributed by atoms with E-state index in [1.165, 1.54) is 13.3 Å². The number of nitrogens with zero attached hydrogens (tertiary/aromatic N) is 1. The summed E-state index contributed by atoms with van der Waals surface area (Å²) in [6.45, 7) is 0.559.